The fourth-order valence-electron chi connectivity index (χ4n) is 2.92. The first-order valence-electron chi connectivity index (χ1n) is 7.15. The molecule has 1 N–H and O–H groups in total. The van der Waals surface area contributed by atoms with Gasteiger partial charge in [-0.25, -0.2) is 0 Å². The molecule has 1 fully saturated rings. The Labute approximate surface area is 116 Å². The first-order valence-corrected chi connectivity index (χ1v) is 7.15. The van der Waals surface area contributed by atoms with Gasteiger partial charge < -0.3 is 10.2 Å². The number of nitrogens with one attached hydrogen (secondary N) is 1. The van der Waals surface area contributed by atoms with Gasteiger partial charge in [-0.1, -0.05) is 24.5 Å². The van der Waals surface area contributed by atoms with E-state index in [-0.39, 0.29) is 5.91 Å². The van der Waals surface area contributed by atoms with Gasteiger partial charge >= 0.3 is 0 Å². The van der Waals surface area contributed by atoms with E-state index in [4.69, 9.17) is 0 Å². The SMILES string of the molecule is CNc1ccc(C)cc1C(=O)N(C)CC1CCCC1. The lowest BCUT2D eigenvalue weighted by molar-refractivity contribution is 0.0774. The normalized spacial score (nSPS) is 15.5. The van der Waals surface area contributed by atoms with E-state index < -0.39 is 0 Å². The van der Waals surface area contributed by atoms with Crippen LogP contribution in [-0.2, 0) is 0 Å². The lowest BCUT2D eigenvalue weighted by Gasteiger charge is -2.22. The third-order valence-corrected chi connectivity index (χ3v) is 4.03. The van der Waals surface area contributed by atoms with E-state index in [9.17, 15) is 4.79 Å². The first kappa shape index (κ1) is 13.9. The van der Waals surface area contributed by atoms with Gasteiger partial charge in [-0.3, -0.25) is 4.79 Å². The van der Waals surface area contributed by atoms with E-state index in [1.165, 1.54) is 25.7 Å². The average Bonchev–Trinajstić information content (AvgIpc) is 2.90. The van der Waals surface area contributed by atoms with Crippen LogP contribution in [0.25, 0.3) is 0 Å². The number of benzene rings is 1. The Morgan fingerprint density at radius 3 is 2.68 bits per heavy atom. The molecule has 2 rings (SSSR count). The second-order valence-corrected chi connectivity index (χ2v) is 5.64. The summed E-state index contributed by atoms with van der Waals surface area (Å²) >= 11 is 0. The minimum Gasteiger partial charge on any atom is -0.387 e. The number of hydrogen-bond acceptors (Lipinski definition) is 2. The number of carbonyl (C=O) groups is 1. The number of hydrogen-bond donors (Lipinski definition) is 1. The molecule has 1 aromatic carbocycles. The average molecular weight is 260 g/mol. The maximum Gasteiger partial charge on any atom is 0.255 e. The molecule has 104 valence electrons. The maximum absolute atomic E-state index is 12.6. The Bertz CT molecular complexity index is 450. The molecule has 0 heterocycles. The van der Waals surface area contributed by atoms with Gasteiger partial charge in [0.2, 0.25) is 0 Å². The summed E-state index contributed by atoms with van der Waals surface area (Å²) in [6.45, 7) is 2.91. The molecule has 1 saturated carbocycles. The minimum atomic E-state index is 0.125. The van der Waals surface area contributed by atoms with Crippen LogP contribution in [0.3, 0.4) is 0 Å². The maximum atomic E-state index is 12.6. The monoisotopic (exact) mass is 260 g/mol. The van der Waals surface area contributed by atoms with Crippen molar-refractivity contribution in [3.63, 3.8) is 0 Å². The van der Waals surface area contributed by atoms with Gasteiger partial charge in [0.25, 0.3) is 5.91 Å². The quantitative estimate of drug-likeness (QED) is 0.901. The molecule has 0 atom stereocenters. The Morgan fingerprint density at radius 2 is 2.05 bits per heavy atom. The van der Waals surface area contributed by atoms with Crippen molar-refractivity contribution in [1.82, 2.24) is 4.90 Å². The van der Waals surface area contributed by atoms with Crippen LogP contribution in [0.5, 0.6) is 0 Å². The topological polar surface area (TPSA) is 32.3 Å². The largest absolute Gasteiger partial charge is 0.387 e. The molecular weight excluding hydrogens is 236 g/mol. The smallest absolute Gasteiger partial charge is 0.255 e. The zero-order valence-electron chi connectivity index (χ0n) is 12.2. The Balaban J connectivity index is 2.11. The molecule has 0 aliphatic heterocycles. The van der Waals surface area contributed by atoms with Crippen LogP contribution in [0.15, 0.2) is 18.2 Å². The van der Waals surface area contributed by atoms with E-state index in [1.54, 1.807) is 0 Å². The Hall–Kier alpha value is -1.51. The number of nitrogens with zero attached hydrogens (tertiary/aromatic N) is 1. The van der Waals surface area contributed by atoms with Crippen LogP contribution in [0.2, 0.25) is 0 Å². The predicted molar refractivity (Wildman–Crippen MR) is 79.6 cm³/mol. The molecule has 1 amide bonds. The van der Waals surface area contributed by atoms with Crippen LogP contribution in [0.4, 0.5) is 5.69 Å². The van der Waals surface area contributed by atoms with Gasteiger partial charge in [-0.15, -0.1) is 0 Å². The van der Waals surface area contributed by atoms with E-state index in [2.05, 4.69) is 5.32 Å². The highest BCUT2D eigenvalue weighted by Gasteiger charge is 2.21. The molecule has 1 aliphatic carbocycles. The van der Waals surface area contributed by atoms with Gasteiger partial charge in [0.1, 0.15) is 0 Å². The molecule has 0 radical (unpaired) electrons. The molecule has 0 aromatic heterocycles. The van der Waals surface area contributed by atoms with Crippen LogP contribution in [0, 0.1) is 12.8 Å². The summed E-state index contributed by atoms with van der Waals surface area (Å²) in [4.78, 5) is 14.4. The van der Waals surface area contributed by atoms with Gasteiger partial charge in [0.05, 0.1) is 5.56 Å². The standard InChI is InChI=1S/C16H24N2O/c1-12-8-9-15(17-2)14(10-12)16(19)18(3)11-13-6-4-5-7-13/h8-10,13,17H,4-7,11H2,1-3H3. The number of anilines is 1. The molecule has 0 saturated heterocycles. The number of carbonyl (C=O) groups excluding carboxylic acids is 1. The van der Waals surface area contributed by atoms with Crippen molar-refractivity contribution >= 4 is 11.6 Å². The molecule has 0 spiro atoms. The van der Waals surface area contributed by atoms with Crippen LogP contribution >= 0.6 is 0 Å². The van der Waals surface area contributed by atoms with E-state index in [0.717, 1.165) is 23.4 Å². The molecular formula is C16H24N2O. The van der Waals surface area contributed by atoms with Gasteiger partial charge in [-0.2, -0.15) is 0 Å². The highest BCUT2D eigenvalue weighted by atomic mass is 16.2. The molecule has 3 heteroatoms. The zero-order chi connectivity index (χ0) is 13.8. The summed E-state index contributed by atoms with van der Waals surface area (Å²) in [6.07, 6.45) is 5.17. The van der Waals surface area contributed by atoms with E-state index >= 15 is 0 Å². The molecule has 0 bridgehead atoms. The summed E-state index contributed by atoms with van der Waals surface area (Å²) in [5.74, 6) is 0.816. The van der Waals surface area contributed by atoms with Crippen LogP contribution in [0.1, 0.15) is 41.6 Å². The third-order valence-electron chi connectivity index (χ3n) is 4.03. The summed E-state index contributed by atoms with van der Waals surface area (Å²) in [5.41, 5.74) is 2.81. The lowest BCUT2D eigenvalue weighted by Crippen LogP contribution is -2.31. The highest BCUT2D eigenvalue weighted by molar-refractivity contribution is 5.99. The van der Waals surface area contributed by atoms with Crippen molar-refractivity contribution in [1.29, 1.82) is 0 Å². The summed E-state index contributed by atoms with van der Waals surface area (Å²) in [7, 11) is 3.78. The fraction of sp³-hybridized carbons (Fsp3) is 0.562. The minimum absolute atomic E-state index is 0.125. The van der Waals surface area contributed by atoms with Crippen molar-refractivity contribution in [3.8, 4) is 0 Å². The van der Waals surface area contributed by atoms with Crippen molar-refractivity contribution in [2.45, 2.75) is 32.6 Å². The zero-order valence-corrected chi connectivity index (χ0v) is 12.2. The predicted octanol–water partition coefficient (Wildman–Crippen LogP) is 3.30. The van der Waals surface area contributed by atoms with Crippen molar-refractivity contribution in [2.24, 2.45) is 5.92 Å². The van der Waals surface area contributed by atoms with E-state index in [1.807, 2.05) is 44.1 Å². The molecule has 3 nitrogen and oxygen atoms in total. The second kappa shape index (κ2) is 6.09. The van der Waals surface area contributed by atoms with Gasteiger partial charge in [0.15, 0.2) is 0 Å². The lowest BCUT2D eigenvalue weighted by atomic mass is 10.1. The van der Waals surface area contributed by atoms with Crippen molar-refractivity contribution in [3.05, 3.63) is 29.3 Å². The van der Waals surface area contributed by atoms with Crippen LogP contribution < -0.4 is 5.32 Å². The molecule has 1 aromatic rings. The fourth-order valence-corrected chi connectivity index (χ4v) is 2.92. The van der Waals surface area contributed by atoms with Crippen molar-refractivity contribution < 1.29 is 4.79 Å². The molecule has 0 unspecified atom stereocenters. The second-order valence-electron chi connectivity index (χ2n) is 5.64. The van der Waals surface area contributed by atoms with Gasteiger partial charge in [-0.05, 0) is 37.8 Å². The number of amides is 1. The summed E-state index contributed by atoms with van der Waals surface area (Å²) in [5, 5.41) is 3.10. The third kappa shape index (κ3) is 3.28. The number of rotatable bonds is 4. The van der Waals surface area contributed by atoms with Gasteiger partial charge in [0, 0.05) is 26.3 Å². The van der Waals surface area contributed by atoms with E-state index in [0.29, 0.717) is 5.92 Å². The van der Waals surface area contributed by atoms with Crippen LogP contribution in [-0.4, -0.2) is 31.4 Å². The highest BCUT2D eigenvalue weighted by Crippen LogP contribution is 2.26. The summed E-state index contributed by atoms with van der Waals surface area (Å²) < 4.78 is 0. The molecule has 19 heavy (non-hydrogen) atoms. The Morgan fingerprint density at radius 1 is 1.37 bits per heavy atom. The molecule has 1 aliphatic rings. The summed E-state index contributed by atoms with van der Waals surface area (Å²) in [6, 6.07) is 5.98. The van der Waals surface area contributed by atoms with Crippen molar-refractivity contribution in [2.75, 3.05) is 26.0 Å². The first-order chi connectivity index (χ1) is 9.11. The number of aryl methyl sites for hydroxylation is 1. The Kier molecular flexibility index (Phi) is 4.46.